The van der Waals surface area contributed by atoms with Crippen molar-refractivity contribution in [1.29, 1.82) is 5.26 Å². The van der Waals surface area contributed by atoms with E-state index in [0.717, 1.165) is 23.9 Å². The van der Waals surface area contributed by atoms with Crippen molar-refractivity contribution in [1.82, 2.24) is 0 Å². The molecule has 1 aromatic carbocycles. The zero-order valence-electron chi connectivity index (χ0n) is 12.2. The van der Waals surface area contributed by atoms with Gasteiger partial charge in [0.15, 0.2) is 0 Å². The van der Waals surface area contributed by atoms with Gasteiger partial charge in [-0.25, -0.2) is 4.79 Å². The SMILES string of the molecule is CCN(c1ccc(/C=C/C(=O)O)cc1C#N)C1CCCC1. The van der Waals surface area contributed by atoms with Crippen LogP contribution in [0.3, 0.4) is 0 Å². The molecular weight excluding hydrogens is 264 g/mol. The minimum atomic E-state index is -0.987. The fourth-order valence-corrected chi connectivity index (χ4v) is 3.01. The second kappa shape index (κ2) is 6.94. The maximum absolute atomic E-state index is 10.6. The third-order valence-electron chi connectivity index (χ3n) is 3.98. The molecule has 0 amide bonds. The van der Waals surface area contributed by atoms with Crippen molar-refractivity contribution in [3.05, 3.63) is 35.4 Å². The molecule has 0 spiro atoms. The Morgan fingerprint density at radius 1 is 1.48 bits per heavy atom. The average molecular weight is 284 g/mol. The first kappa shape index (κ1) is 15.1. The predicted molar refractivity (Wildman–Crippen MR) is 83.1 cm³/mol. The quantitative estimate of drug-likeness (QED) is 0.841. The molecule has 0 aliphatic heterocycles. The number of carboxylic acids is 1. The molecule has 110 valence electrons. The third kappa shape index (κ3) is 3.63. The number of hydrogen-bond donors (Lipinski definition) is 1. The van der Waals surface area contributed by atoms with Crippen LogP contribution in [0.25, 0.3) is 6.08 Å². The predicted octanol–water partition coefficient (Wildman–Crippen LogP) is 3.42. The first-order valence-corrected chi connectivity index (χ1v) is 7.37. The minimum Gasteiger partial charge on any atom is -0.478 e. The van der Waals surface area contributed by atoms with Crippen LogP contribution in [0.2, 0.25) is 0 Å². The Bertz CT molecular complexity index is 581. The Labute approximate surface area is 125 Å². The molecule has 1 N–H and O–H groups in total. The van der Waals surface area contributed by atoms with Crippen molar-refractivity contribution in [2.24, 2.45) is 0 Å². The monoisotopic (exact) mass is 284 g/mol. The van der Waals surface area contributed by atoms with Crippen molar-refractivity contribution in [2.75, 3.05) is 11.4 Å². The maximum atomic E-state index is 10.6. The Hall–Kier alpha value is -2.28. The van der Waals surface area contributed by atoms with E-state index in [4.69, 9.17) is 5.11 Å². The summed E-state index contributed by atoms with van der Waals surface area (Å²) in [6, 6.07) is 8.31. The first-order valence-electron chi connectivity index (χ1n) is 7.37. The molecule has 1 aliphatic rings. The minimum absolute atomic E-state index is 0.516. The summed E-state index contributed by atoms with van der Waals surface area (Å²) >= 11 is 0. The van der Waals surface area contributed by atoms with Gasteiger partial charge in [-0.15, -0.1) is 0 Å². The zero-order valence-corrected chi connectivity index (χ0v) is 12.2. The maximum Gasteiger partial charge on any atom is 0.328 e. The van der Waals surface area contributed by atoms with E-state index in [-0.39, 0.29) is 0 Å². The summed E-state index contributed by atoms with van der Waals surface area (Å²) in [6.07, 6.45) is 7.47. The topological polar surface area (TPSA) is 64.3 Å². The highest BCUT2D eigenvalue weighted by molar-refractivity contribution is 5.85. The fourth-order valence-electron chi connectivity index (χ4n) is 3.01. The van der Waals surface area contributed by atoms with Gasteiger partial charge in [-0.05, 0) is 43.5 Å². The van der Waals surface area contributed by atoms with Crippen molar-refractivity contribution in [3.8, 4) is 6.07 Å². The molecule has 0 bridgehead atoms. The molecule has 1 saturated carbocycles. The van der Waals surface area contributed by atoms with Gasteiger partial charge in [0.05, 0.1) is 11.3 Å². The summed E-state index contributed by atoms with van der Waals surface area (Å²) in [5.74, 6) is -0.987. The van der Waals surface area contributed by atoms with Crippen molar-refractivity contribution < 1.29 is 9.90 Å². The lowest BCUT2D eigenvalue weighted by Crippen LogP contribution is -2.33. The van der Waals surface area contributed by atoms with Gasteiger partial charge < -0.3 is 10.0 Å². The van der Waals surface area contributed by atoms with Crippen LogP contribution < -0.4 is 4.90 Å². The molecule has 4 heteroatoms. The van der Waals surface area contributed by atoms with Gasteiger partial charge in [0.25, 0.3) is 0 Å². The Balaban J connectivity index is 2.30. The lowest BCUT2D eigenvalue weighted by molar-refractivity contribution is -0.131. The van der Waals surface area contributed by atoms with Crippen molar-refractivity contribution in [2.45, 2.75) is 38.6 Å². The Morgan fingerprint density at radius 2 is 2.19 bits per heavy atom. The number of carboxylic acid groups (broad SMARTS) is 1. The highest BCUT2D eigenvalue weighted by Gasteiger charge is 2.23. The van der Waals surface area contributed by atoms with E-state index >= 15 is 0 Å². The number of aliphatic carboxylic acids is 1. The molecule has 21 heavy (non-hydrogen) atoms. The van der Waals surface area contributed by atoms with E-state index in [0.29, 0.717) is 11.6 Å². The number of nitriles is 1. The second-order valence-corrected chi connectivity index (χ2v) is 5.28. The molecule has 0 atom stereocenters. The molecule has 0 radical (unpaired) electrons. The molecular formula is C17H20N2O2. The van der Waals surface area contributed by atoms with Gasteiger partial charge in [0.2, 0.25) is 0 Å². The highest BCUT2D eigenvalue weighted by atomic mass is 16.4. The number of benzene rings is 1. The van der Waals surface area contributed by atoms with Gasteiger partial charge in [0.1, 0.15) is 6.07 Å². The molecule has 0 saturated heterocycles. The van der Waals surface area contributed by atoms with E-state index in [9.17, 15) is 10.1 Å². The Morgan fingerprint density at radius 3 is 2.76 bits per heavy atom. The summed E-state index contributed by atoms with van der Waals surface area (Å²) < 4.78 is 0. The molecule has 0 aromatic heterocycles. The molecule has 0 heterocycles. The molecule has 1 aliphatic carbocycles. The number of hydrogen-bond acceptors (Lipinski definition) is 3. The third-order valence-corrected chi connectivity index (χ3v) is 3.98. The van der Waals surface area contributed by atoms with Gasteiger partial charge in [-0.2, -0.15) is 5.26 Å². The number of nitrogens with zero attached hydrogens (tertiary/aromatic N) is 2. The van der Waals surface area contributed by atoms with Gasteiger partial charge in [-0.1, -0.05) is 18.9 Å². The van der Waals surface area contributed by atoms with Crippen LogP contribution >= 0.6 is 0 Å². The summed E-state index contributed by atoms with van der Waals surface area (Å²) in [4.78, 5) is 12.9. The van der Waals surface area contributed by atoms with E-state index in [2.05, 4.69) is 17.9 Å². The Kier molecular flexibility index (Phi) is 4.99. The molecule has 0 unspecified atom stereocenters. The van der Waals surface area contributed by atoms with Crippen LogP contribution in [-0.2, 0) is 4.79 Å². The summed E-state index contributed by atoms with van der Waals surface area (Å²) in [7, 11) is 0. The summed E-state index contributed by atoms with van der Waals surface area (Å²) in [6.45, 7) is 2.99. The van der Waals surface area contributed by atoms with E-state index < -0.39 is 5.97 Å². The van der Waals surface area contributed by atoms with Crippen LogP contribution in [0.15, 0.2) is 24.3 Å². The lowest BCUT2D eigenvalue weighted by Gasteiger charge is -2.30. The lowest BCUT2D eigenvalue weighted by atomic mass is 10.1. The van der Waals surface area contributed by atoms with Crippen molar-refractivity contribution in [3.63, 3.8) is 0 Å². The zero-order chi connectivity index (χ0) is 15.2. The molecule has 2 rings (SSSR count). The molecule has 1 fully saturated rings. The van der Waals surface area contributed by atoms with Crippen LogP contribution in [0, 0.1) is 11.3 Å². The summed E-state index contributed by atoms with van der Waals surface area (Å²) in [5, 5.41) is 18.1. The van der Waals surface area contributed by atoms with Gasteiger partial charge >= 0.3 is 5.97 Å². The average Bonchev–Trinajstić information content (AvgIpc) is 3.00. The van der Waals surface area contributed by atoms with E-state index in [1.165, 1.54) is 31.8 Å². The number of rotatable bonds is 5. The number of carbonyl (C=O) groups is 1. The van der Waals surface area contributed by atoms with Gasteiger partial charge in [0, 0.05) is 18.7 Å². The van der Waals surface area contributed by atoms with Crippen LogP contribution in [0.1, 0.15) is 43.7 Å². The number of anilines is 1. The normalized spacial score (nSPS) is 15.2. The van der Waals surface area contributed by atoms with Crippen LogP contribution in [0.4, 0.5) is 5.69 Å². The molecule has 4 nitrogen and oxygen atoms in total. The fraction of sp³-hybridized carbons (Fsp3) is 0.412. The van der Waals surface area contributed by atoms with E-state index in [1.807, 2.05) is 12.1 Å². The second-order valence-electron chi connectivity index (χ2n) is 5.28. The smallest absolute Gasteiger partial charge is 0.328 e. The molecule has 1 aromatic rings. The highest BCUT2D eigenvalue weighted by Crippen LogP contribution is 2.30. The largest absolute Gasteiger partial charge is 0.478 e. The summed E-state index contributed by atoms with van der Waals surface area (Å²) in [5.41, 5.74) is 2.30. The van der Waals surface area contributed by atoms with Crippen LogP contribution in [0.5, 0.6) is 0 Å². The van der Waals surface area contributed by atoms with Crippen LogP contribution in [-0.4, -0.2) is 23.7 Å². The first-order chi connectivity index (χ1) is 10.2. The van der Waals surface area contributed by atoms with Gasteiger partial charge in [-0.3, -0.25) is 0 Å². The van der Waals surface area contributed by atoms with Crippen molar-refractivity contribution >= 4 is 17.7 Å². The van der Waals surface area contributed by atoms with E-state index in [1.54, 1.807) is 6.07 Å². The standard InChI is InChI=1S/C17H20N2O2/c1-2-19(15-5-3-4-6-15)16-9-7-13(8-10-17(20)21)11-14(16)12-18/h7-11,15H,2-6H2,1H3,(H,20,21)/b10-8+.